The van der Waals surface area contributed by atoms with E-state index >= 15 is 0 Å². The van der Waals surface area contributed by atoms with Crippen LogP contribution >= 0.6 is 37.9 Å². The Morgan fingerprint density at radius 2 is 0.926 bits per heavy atom. The molecule has 0 amide bonds. The zero-order valence-electron chi connectivity index (χ0n) is 16.5. The van der Waals surface area contributed by atoms with Gasteiger partial charge in [0.05, 0.1) is 21.2 Å². The Balaban J connectivity index is 5.14. The Bertz CT molecular complexity index is 421. The van der Waals surface area contributed by atoms with Gasteiger partial charge in [-0.15, -0.1) is 0 Å². The van der Waals surface area contributed by atoms with Gasteiger partial charge in [0, 0.05) is 0 Å². The van der Waals surface area contributed by atoms with Crippen LogP contribution in [0.1, 0.15) is 53.4 Å². The molecule has 0 aromatic heterocycles. The maximum Gasteiger partial charge on any atom is 0.318 e. The average molecular weight is 441 g/mol. The van der Waals surface area contributed by atoms with Crippen LogP contribution < -0.4 is 0 Å². The number of rotatable bonds is 13. The van der Waals surface area contributed by atoms with Crippen LogP contribution in [-0.4, -0.2) is 53.5 Å². The highest BCUT2D eigenvalue weighted by Gasteiger charge is 2.35. The second-order valence-electron chi connectivity index (χ2n) is 6.45. The van der Waals surface area contributed by atoms with Crippen molar-refractivity contribution in [1.29, 1.82) is 0 Å². The molecule has 0 saturated heterocycles. The molecule has 0 aliphatic rings. The third-order valence-electron chi connectivity index (χ3n) is 4.29. The fourth-order valence-corrected chi connectivity index (χ4v) is 2.12. The first-order valence-electron chi connectivity index (χ1n) is 9.20. The molecule has 0 fully saturated rings. The maximum atomic E-state index is 12.0. The van der Waals surface area contributed by atoms with E-state index in [4.69, 9.17) is 14.2 Å². The Hall–Kier alpha value is -0.540. The van der Waals surface area contributed by atoms with E-state index in [2.05, 4.69) is 37.9 Å². The molecule has 0 N–H and O–H groups in total. The van der Waals surface area contributed by atoms with E-state index in [9.17, 15) is 14.4 Å². The zero-order chi connectivity index (χ0) is 21.0. The summed E-state index contributed by atoms with van der Waals surface area (Å²) in [5.41, 5.74) is -0.843. The Labute approximate surface area is 178 Å². The lowest BCUT2D eigenvalue weighted by molar-refractivity contribution is -0.161. The third kappa shape index (κ3) is 9.47. The van der Waals surface area contributed by atoms with Gasteiger partial charge in [-0.05, 0) is 25.7 Å². The first-order valence-corrected chi connectivity index (χ1v) is 10.7. The van der Waals surface area contributed by atoms with Crippen molar-refractivity contribution in [3.05, 3.63) is 0 Å². The third-order valence-corrected chi connectivity index (χ3v) is 6.02. The fourth-order valence-electron chi connectivity index (χ4n) is 1.89. The molecule has 0 aromatic carbocycles. The monoisotopic (exact) mass is 440 g/mol. The van der Waals surface area contributed by atoms with Gasteiger partial charge < -0.3 is 14.2 Å². The van der Waals surface area contributed by atoms with Gasteiger partial charge in [0.25, 0.3) is 0 Å². The first-order chi connectivity index (χ1) is 12.7. The normalized spacial score (nSPS) is 14.8. The van der Waals surface area contributed by atoms with Crippen LogP contribution in [0.2, 0.25) is 0 Å². The number of thiol groups is 3. The molecule has 0 rings (SSSR count). The van der Waals surface area contributed by atoms with E-state index in [1.54, 1.807) is 0 Å². The van der Waals surface area contributed by atoms with Gasteiger partial charge in [-0.3, -0.25) is 14.4 Å². The summed E-state index contributed by atoms with van der Waals surface area (Å²) in [6.45, 7) is 7.18. The van der Waals surface area contributed by atoms with Crippen LogP contribution in [0.15, 0.2) is 0 Å². The van der Waals surface area contributed by atoms with Crippen molar-refractivity contribution >= 4 is 55.8 Å². The Morgan fingerprint density at radius 1 is 0.667 bits per heavy atom. The maximum absolute atomic E-state index is 12.0. The first kappa shape index (κ1) is 26.5. The van der Waals surface area contributed by atoms with Crippen molar-refractivity contribution in [2.45, 2.75) is 69.1 Å². The van der Waals surface area contributed by atoms with Crippen LogP contribution in [-0.2, 0) is 28.6 Å². The molecule has 0 aromatic rings. The minimum absolute atomic E-state index is 0.0489. The van der Waals surface area contributed by atoms with Gasteiger partial charge in [-0.25, -0.2) is 0 Å². The standard InChI is InChI=1S/C18H32O6S3/c1-5-12(25)15(19)22-9-18(8-4,10-23-16(20)13(26)6-2)11-24-17(21)14(27)7-3/h12-14,25-27H,5-11H2,1-4H3/t12-,13-,14-/m0/s1. The summed E-state index contributed by atoms with van der Waals surface area (Å²) < 4.78 is 16.1. The summed E-state index contributed by atoms with van der Waals surface area (Å²) in [5, 5.41) is -1.60. The number of hydrogen-bond donors (Lipinski definition) is 3. The van der Waals surface area contributed by atoms with Crippen molar-refractivity contribution in [2.75, 3.05) is 19.8 Å². The summed E-state index contributed by atoms with van der Waals surface area (Å²) in [6, 6.07) is 0. The van der Waals surface area contributed by atoms with E-state index in [0.29, 0.717) is 25.7 Å². The minimum atomic E-state index is -0.843. The molecule has 0 aliphatic heterocycles. The van der Waals surface area contributed by atoms with Crippen molar-refractivity contribution in [1.82, 2.24) is 0 Å². The summed E-state index contributed by atoms with van der Waals surface area (Å²) in [6.07, 6.45) is 2.05. The predicted octanol–water partition coefficient (Wildman–Crippen LogP) is 3.14. The van der Waals surface area contributed by atoms with Crippen LogP contribution in [0.3, 0.4) is 0 Å². The summed E-state index contributed by atoms with van der Waals surface area (Å²) >= 11 is 12.5. The van der Waals surface area contributed by atoms with Crippen molar-refractivity contribution < 1.29 is 28.6 Å². The summed E-state index contributed by atoms with van der Waals surface area (Å²) in [4.78, 5) is 36.0. The van der Waals surface area contributed by atoms with Gasteiger partial charge in [-0.1, -0.05) is 27.7 Å². The van der Waals surface area contributed by atoms with E-state index in [-0.39, 0.29) is 19.8 Å². The molecule has 3 atom stereocenters. The number of carbonyl (C=O) groups excluding carboxylic acids is 3. The van der Waals surface area contributed by atoms with Crippen LogP contribution in [0.25, 0.3) is 0 Å². The smallest absolute Gasteiger partial charge is 0.318 e. The highest BCUT2D eigenvalue weighted by Crippen LogP contribution is 2.26. The number of ether oxygens (including phenoxy) is 3. The molecular formula is C18H32O6S3. The largest absolute Gasteiger partial charge is 0.464 e. The summed E-state index contributed by atoms with van der Waals surface area (Å²) in [7, 11) is 0. The average Bonchev–Trinajstić information content (AvgIpc) is 2.70. The van der Waals surface area contributed by atoms with Gasteiger partial charge in [0.15, 0.2) is 0 Å². The molecule has 0 radical (unpaired) electrons. The molecule has 6 nitrogen and oxygen atoms in total. The molecule has 158 valence electrons. The topological polar surface area (TPSA) is 78.9 Å². The second-order valence-corrected chi connectivity index (χ2v) is 8.32. The number of esters is 3. The lowest BCUT2D eigenvalue weighted by Gasteiger charge is -2.32. The van der Waals surface area contributed by atoms with Crippen molar-refractivity contribution in [3.63, 3.8) is 0 Å². The lowest BCUT2D eigenvalue weighted by atomic mass is 9.88. The molecular weight excluding hydrogens is 408 g/mol. The highest BCUT2D eigenvalue weighted by atomic mass is 32.1. The fraction of sp³-hybridized carbons (Fsp3) is 0.833. The van der Waals surface area contributed by atoms with Crippen LogP contribution in [0.4, 0.5) is 0 Å². The number of carbonyl (C=O) groups is 3. The van der Waals surface area contributed by atoms with Crippen LogP contribution in [0.5, 0.6) is 0 Å². The quantitative estimate of drug-likeness (QED) is 0.232. The summed E-state index contributed by atoms with van der Waals surface area (Å²) in [5.74, 6) is -1.38. The van der Waals surface area contributed by atoms with Gasteiger partial charge >= 0.3 is 17.9 Å². The predicted molar refractivity (Wildman–Crippen MR) is 115 cm³/mol. The van der Waals surface area contributed by atoms with Crippen molar-refractivity contribution in [2.24, 2.45) is 5.41 Å². The molecule has 0 spiro atoms. The Kier molecular flexibility index (Phi) is 13.3. The SMILES string of the molecule is CC[C@H](S)C(=O)OCC(CC)(COC(=O)[C@@H](S)CC)COC(=O)[C@@H](S)CC. The molecule has 9 heteroatoms. The molecule has 27 heavy (non-hydrogen) atoms. The highest BCUT2D eigenvalue weighted by molar-refractivity contribution is 7.82. The van der Waals surface area contributed by atoms with E-state index in [1.165, 1.54) is 0 Å². The van der Waals surface area contributed by atoms with Gasteiger partial charge in [-0.2, -0.15) is 37.9 Å². The Morgan fingerprint density at radius 3 is 1.11 bits per heavy atom. The van der Waals surface area contributed by atoms with Crippen molar-refractivity contribution in [3.8, 4) is 0 Å². The molecule has 0 bridgehead atoms. The zero-order valence-corrected chi connectivity index (χ0v) is 19.2. The molecule has 0 aliphatic carbocycles. The second kappa shape index (κ2) is 13.6. The molecule has 0 saturated carbocycles. The van der Waals surface area contributed by atoms with E-state index in [0.717, 1.165) is 0 Å². The van der Waals surface area contributed by atoms with Gasteiger partial charge in [0.1, 0.15) is 19.8 Å². The van der Waals surface area contributed by atoms with E-state index < -0.39 is 39.1 Å². The number of hydrogen-bond acceptors (Lipinski definition) is 9. The van der Waals surface area contributed by atoms with E-state index in [1.807, 2.05) is 27.7 Å². The molecule has 0 heterocycles. The molecule has 0 unspecified atom stereocenters. The van der Waals surface area contributed by atoms with Crippen LogP contribution in [0, 0.1) is 5.41 Å². The minimum Gasteiger partial charge on any atom is -0.464 e. The van der Waals surface area contributed by atoms with Gasteiger partial charge in [0.2, 0.25) is 0 Å². The lowest BCUT2D eigenvalue weighted by Crippen LogP contribution is -2.41.